The van der Waals surface area contributed by atoms with Crippen LogP contribution < -0.4 is 5.32 Å². The Morgan fingerprint density at radius 1 is 1.26 bits per heavy atom. The molecule has 0 saturated carbocycles. The number of amides is 1. The molecule has 0 aliphatic carbocycles. The average Bonchev–Trinajstić information content (AvgIpc) is 2.53. The van der Waals surface area contributed by atoms with Crippen LogP contribution in [0.5, 0.6) is 0 Å². The minimum Gasteiger partial charge on any atom is -0.396 e. The highest BCUT2D eigenvalue weighted by Crippen LogP contribution is 2.19. The summed E-state index contributed by atoms with van der Waals surface area (Å²) in [4.78, 5) is 12.2. The topological polar surface area (TPSA) is 58.6 Å². The molecule has 1 atom stereocenters. The van der Waals surface area contributed by atoms with Crippen molar-refractivity contribution < 1.29 is 14.6 Å². The summed E-state index contributed by atoms with van der Waals surface area (Å²) in [7, 11) is 1.58. The number of rotatable bonds is 7. The molecule has 0 aromatic heterocycles. The Morgan fingerprint density at radius 3 is 2.74 bits per heavy atom. The predicted octanol–water partition coefficient (Wildman–Crippen LogP) is 2.76. The van der Waals surface area contributed by atoms with Crippen molar-refractivity contribution in [2.45, 2.75) is 18.9 Å². The van der Waals surface area contributed by atoms with Crippen LogP contribution in [0.15, 0.2) is 48.5 Å². The molecule has 2 aromatic carbocycles. The monoisotopic (exact) mass is 313 g/mol. The van der Waals surface area contributed by atoms with Crippen LogP contribution in [-0.2, 0) is 9.53 Å². The lowest BCUT2D eigenvalue weighted by Crippen LogP contribution is -2.49. The van der Waals surface area contributed by atoms with Gasteiger partial charge in [0, 0.05) is 19.8 Å². The number of aliphatic hydroxyl groups is 1. The van der Waals surface area contributed by atoms with Gasteiger partial charge in [0.15, 0.2) is 0 Å². The molecule has 1 unspecified atom stereocenters. The molecule has 4 nitrogen and oxygen atoms in total. The van der Waals surface area contributed by atoms with Gasteiger partial charge in [-0.1, -0.05) is 42.5 Å². The third-order valence-corrected chi connectivity index (χ3v) is 3.79. The highest BCUT2D eigenvalue weighted by Gasteiger charge is 2.24. The second-order valence-electron chi connectivity index (χ2n) is 5.86. The fourth-order valence-electron chi connectivity index (χ4n) is 2.64. The highest BCUT2D eigenvalue weighted by molar-refractivity contribution is 5.96. The number of aliphatic hydroxyl groups excluding tert-OH is 1. The van der Waals surface area contributed by atoms with E-state index in [4.69, 9.17) is 9.84 Å². The molecule has 2 aromatic rings. The van der Waals surface area contributed by atoms with Gasteiger partial charge in [0.25, 0.3) is 0 Å². The first-order valence-corrected chi connectivity index (χ1v) is 7.66. The zero-order chi connectivity index (χ0) is 16.7. The van der Waals surface area contributed by atoms with Crippen LogP contribution in [0.1, 0.15) is 18.9 Å². The van der Waals surface area contributed by atoms with Crippen LogP contribution in [0.25, 0.3) is 16.8 Å². The van der Waals surface area contributed by atoms with E-state index in [0.29, 0.717) is 13.0 Å². The summed E-state index contributed by atoms with van der Waals surface area (Å²) in [5.74, 6) is -0.203. The van der Waals surface area contributed by atoms with Crippen molar-refractivity contribution >= 4 is 22.8 Å². The lowest BCUT2D eigenvalue weighted by molar-refractivity contribution is -0.119. The normalized spacial score (nSPS) is 14.0. The standard InChI is InChI=1S/C19H23NO3/c1-19(12-13-21,14-23-2)20-18(22)11-10-16-8-5-7-15-6-3-4-9-17(15)16/h3-11,21H,12-14H2,1-2H3,(H,20,22)/b11-10+. The number of carbonyl (C=O) groups is 1. The van der Waals surface area contributed by atoms with E-state index in [1.807, 2.05) is 55.5 Å². The van der Waals surface area contributed by atoms with E-state index in [9.17, 15) is 4.79 Å². The number of benzene rings is 2. The summed E-state index contributed by atoms with van der Waals surface area (Å²) < 4.78 is 5.13. The van der Waals surface area contributed by atoms with Gasteiger partial charge >= 0.3 is 0 Å². The SMILES string of the molecule is COCC(C)(CCO)NC(=O)/C=C/c1cccc2ccccc12. The van der Waals surface area contributed by atoms with Gasteiger partial charge in [-0.2, -0.15) is 0 Å². The van der Waals surface area contributed by atoms with E-state index in [-0.39, 0.29) is 12.5 Å². The fourth-order valence-corrected chi connectivity index (χ4v) is 2.64. The summed E-state index contributed by atoms with van der Waals surface area (Å²) in [5, 5.41) is 14.3. The summed E-state index contributed by atoms with van der Waals surface area (Å²) in [6.07, 6.45) is 3.77. The molecule has 0 aliphatic heterocycles. The molecular formula is C19H23NO3. The number of nitrogens with one attached hydrogen (secondary N) is 1. The largest absolute Gasteiger partial charge is 0.396 e. The van der Waals surface area contributed by atoms with Gasteiger partial charge in [0.05, 0.1) is 12.1 Å². The van der Waals surface area contributed by atoms with E-state index < -0.39 is 5.54 Å². The Kier molecular flexibility index (Phi) is 5.90. The van der Waals surface area contributed by atoms with E-state index in [1.165, 1.54) is 6.08 Å². The van der Waals surface area contributed by atoms with Crippen LogP contribution in [0.4, 0.5) is 0 Å². The fraction of sp³-hybridized carbons (Fsp3) is 0.316. The van der Waals surface area contributed by atoms with Gasteiger partial charge in [0.1, 0.15) is 0 Å². The van der Waals surface area contributed by atoms with E-state index >= 15 is 0 Å². The number of fused-ring (bicyclic) bond motifs is 1. The average molecular weight is 313 g/mol. The molecular weight excluding hydrogens is 290 g/mol. The van der Waals surface area contributed by atoms with Gasteiger partial charge in [-0.15, -0.1) is 0 Å². The third kappa shape index (κ3) is 4.65. The maximum Gasteiger partial charge on any atom is 0.244 e. The first-order valence-electron chi connectivity index (χ1n) is 7.66. The summed E-state index contributed by atoms with van der Waals surface area (Å²) in [5.41, 5.74) is 0.415. The van der Waals surface area contributed by atoms with Crippen LogP contribution in [0, 0.1) is 0 Å². The van der Waals surface area contributed by atoms with Crippen molar-refractivity contribution in [1.82, 2.24) is 5.32 Å². The summed E-state index contributed by atoms with van der Waals surface area (Å²) in [6, 6.07) is 14.1. The van der Waals surface area contributed by atoms with E-state index in [0.717, 1.165) is 16.3 Å². The van der Waals surface area contributed by atoms with Crippen LogP contribution in [0.3, 0.4) is 0 Å². The predicted molar refractivity (Wildman–Crippen MR) is 93.1 cm³/mol. The third-order valence-electron chi connectivity index (χ3n) is 3.79. The molecule has 1 amide bonds. The Bertz CT molecular complexity index is 683. The lowest BCUT2D eigenvalue weighted by Gasteiger charge is -2.28. The smallest absolute Gasteiger partial charge is 0.244 e. The van der Waals surface area contributed by atoms with Crippen LogP contribution in [-0.4, -0.2) is 36.9 Å². The molecule has 2 rings (SSSR count). The van der Waals surface area contributed by atoms with Crippen molar-refractivity contribution in [3.63, 3.8) is 0 Å². The van der Waals surface area contributed by atoms with Gasteiger partial charge in [0.2, 0.25) is 5.91 Å². The molecule has 0 saturated heterocycles. The molecule has 2 N–H and O–H groups in total. The second-order valence-corrected chi connectivity index (χ2v) is 5.86. The first-order chi connectivity index (χ1) is 11.1. The number of hydrogen-bond acceptors (Lipinski definition) is 3. The zero-order valence-corrected chi connectivity index (χ0v) is 13.6. The van der Waals surface area contributed by atoms with Crippen molar-refractivity contribution in [3.05, 3.63) is 54.1 Å². The van der Waals surface area contributed by atoms with Crippen molar-refractivity contribution in [1.29, 1.82) is 0 Å². The Labute approximate surface area is 136 Å². The van der Waals surface area contributed by atoms with Gasteiger partial charge < -0.3 is 15.2 Å². The lowest BCUT2D eigenvalue weighted by atomic mass is 9.99. The van der Waals surface area contributed by atoms with Crippen molar-refractivity contribution in [2.75, 3.05) is 20.3 Å². The summed E-state index contributed by atoms with van der Waals surface area (Å²) in [6.45, 7) is 2.20. The second kappa shape index (κ2) is 7.90. The molecule has 23 heavy (non-hydrogen) atoms. The maximum absolute atomic E-state index is 12.2. The minimum atomic E-state index is -0.580. The number of ether oxygens (including phenoxy) is 1. The molecule has 0 spiro atoms. The number of methoxy groups -OCH3 is 1. The molecule has 122 valence electrons. The molecule has 0 bridgehead atoms. The molecule has 0 radical (unpaired) electrons. The minimum absolute atomic E-state index is 0.00677. The Hall–Kier alpha value is -2.17. The van der Waals surface area contributed by atoms with E-state index in [1.54, 1.807) is 7.11 Å². The highest BCUT2D eigenvalue weighted by atomic mass is 16.5. The zero-order valence-electron chi connectivity index (χ0n) is 13.6. The van der Waals surface area contributed by atoms with Gasteiger partial charge in [-0.3, -0.25) is 4.79 Å². The maximum atomic E-state index is 12.2. The quantitative estimate of drug-likeness (QED) is 0.773. The molecule has 0 aliphatic rings. The van der Waals surface area contributed by atoms with E-state index in [2.05, 4.69) is 5.32 Å². The summed E-state index contributed by atoms with van der Waals surface area (Å²) >= 11 is 0. The van der Waals surface area contributed by atoms with Crippen molar-refractivity contribution in [3.8, 4) is 0 Å². The number of carbonyl (C=O) groups excluding carboxylic acids is 1. The van der Waals surface area contributed by atoms with Crippen LogP contribution in [0.2, 0.25) is 0 Å². The first kappa shape index (κ1) is 17.2. The molecule has 0 fully saturated rings. The van der Waals surface area contributed by atoms with Crippen molar-refractivity contribution in [2.24, 2.45) is 0 Å². The molecule has 0 heterocycles. The number of hydrogen-bond donors (Lipinski definition) is 2. The van der Waals surface area contributed by atoms with Crippen LogP contribution >= 0.6 is 0 Å². The molecule has 4 heteroatoms. The Balaban J connectivity index is 2.13. The Morgan fingerprint density at radius 2 is 2.00 bits per heavy atom. The van der Waals surface area contributed by atoms with Gasteiger partial charge in [-0.05, 0) is 35.8 Å². The van der Waals surface area contributed by atoms with Gasteiger partial charge in [-0.25, -0.2) is 0 Å².